The number of aliphatic imine (C=N–C) groups is 1. The Bertz CT molecular complexity index is 910. The van der Waals surface area contributed by atoms with E-state index in [0.717, 1.165) is 0 Å². The van der Waals surface area contributed by atoms with Crippen LogP contribution in [0.15, 0.2) is 83.9 Å². The number of para-hydroxylation sites is 3. The minimum atomic E-state index is -0.0991. The lowest BCUT2D eigenvalue weighted by Crippen LogP contribution is -2.35. The number of hydrogen-bond acceptors (Lipinski definition) is 5. The summed E-state index contributed by atoms with van der Waals surface area (Å²) in [5.41, 5.74) is 2.44. The molecule has 0 aliphatic rings. The van der Waals surface area contributed by atoms with Gasteiger partial charge in [-0.1, -0.05) is 54.6 Å². The van der Waals surface area contributed by atoms with Crippen LogP contribution in [0.3, 0.4) is 0 Å². The van der Waals surface area contributed by atoms with E-state index in [0.29, 0.717) is 28.3 Å². The highest BCUT2D eigenvalue weighted by atomic mass is 16.5. The molecule has 3 aromatic rings. The Kier molecular flexibility index (Phi) is 5.41. The van der Waals surface area contributed by atoms with Crippen molar-refractivity contribution in [3.8, 4) is 5.75 Å². The number of benzene rings is 3. The van der Waals surface area contributed by atoms with Gasteiger partial charge in [0.1, 0.15) is 5.75 Å². The Morgan fingerprint density at radius 2 is 1.62 bits per heavy atom. The molecular formula is C21H19N3O2. The average molecular weight is 345 g/mol. The number of hydrazine groups is 1. The van der Waals surface area contributed by atoms with Crippen LogP contribution in [0.4, 0.5) is 11.4 Å². The first kappa shape index (κ1) is 17.4. The molecule has 0 aliphatic carbocycles. The van der Waals surface area contributed by atoms with E-state index < -0.39 is 0 Å². The van der Waals surface area contributed by atoms with Gasteiger partial charge in [0.25, 0.3) is 0 Å². The predicted molar refractivity (Wildman–Crippen MR) is 104 cm³/mol. The number of nitrogens with two attached hydrogens (primary N) is 1. The highest BCUT2D eigenvalue weighted by Crippen LogP contribution is 2.27. The normalized spacial score (nSPS) is 10.2. The molecule has 0 aromatic heterocycles. The van der Waals surface area contributed by atoms with Crippen molar-refractivity contribution < 1.29 is 9.53 Å². The lowest BCUT2D eigenvalue weighted by atomic mass is 10.0. The van der Waals surface area contributed by atoms with Gasteiger partial charge < -0.3 is 4.74 Å². The zero-order chi connectivity index (χ0) is 18.4. The fourth-order valence-electron chi connectivity index (χ4n) is 2.57. The van der Waals surface area contributed by atoms with Crippen molar-refractivity contribution in [3.05, 3.63) is 90.0 Å². The molecule has 3 aromatic carbocycles. The van der Waals surface area contributed by atoms with Crippen LogP contribution in [0.2, 0.25) is 0 Å². The van der Waals surface area contributed by atoms with Crippen molar-refractivity contribution in [1.82, 2.24) is 0 Å². The molecule has 130 valence electrons. The second kappa shape index (κ2) is 8.09. The number of nitrogens with zero attached hydrogens (tertiary/aromatic N) is 2. The standard InChI is InChI=1S/C21H19N3O2/c1-23-18-12-6-7-13-19(18)24(22)15-26-20-14-8-5-11-17(20)21(25)16-9-3-2-4-10-16/h2-14H,1,15,22H2. The molecule has 26 heavy (non-hydrogen) atoms. The molecule has 5 heteroatoms. The van der Waals surface area contributed by atoms with Gasteiger partial charge in [0.05, 0.1) is 16.9 Å². The van der Waals surface area contributed by atoms with E-state index in [1.54, 1.807) is 30.3 Å². The van der Waals surface area contributed by atoms with E-state index in [1.165, 1.54) is 5.01 Å². The second-order valence-electron chi connectivity index (χ2n) is 5.58. The summed E-state index contributed by atoms with van der Waals surface area (Å²) < 4.78 is 5.81. The highest BCUT2D eigenvalue weighted by molar-refractivity contribution is 6.10. The zero-order valence-corrected chi connectivity index (χ0v) is 14.2. The molecule has 0 bridgehead atoms. The molecule has 0 saturated heterocycles. The molecule has 0 heterocycles. The third-order valence-electron chi connectivity index (χ3n) is 3.89. The van der Waals surface area contributed by atoms with Crippen LogP contribution >= 0.6 is 0 Å². The molecule has 0 aliphatic heterocycles. The van der Waals surface area contributed by atoms with Crippen molar-refractivity contribution in [2.75, 3.05) is 11.7 Å². The maximum Gasteiger partial charge on any atom is 0.196 e. The molecule has 0 fully saturated rings. The monoisotopic (exact) mass is 345 g/mol. The summed E-state index contributed by atoms with van der Waals surface area (Å²) in [6.07, 6.45) is 0. The van der Waals surface area contributed by atoms with E-state index in [4.69, 9.17) is 10.6 Å². The number of rotatable bonds is 7. The van der Waals surface area contributed by atoms with Gasteiger partial charge >= 0.3 is 0 Å². The quantitative estimate of drug-likeness (QED) is 0.231. The summed E-state index contributed by atoms with van der Waals surface area (Å²) in [7, 11) is 0. The molecule has 0 unspecified atom stereocenters. The molecule has 0 atom stereocenters. The molecule has 2 N–H and O–H groups in total. The van der Waals surface area contributed by atoms with Crippen molar-refractivity contribution in [3.63, 3.8) is 0 Å². The Labute approximate surface area is 152 Å². The van der Waals surface area contributed by atoms with E-state index in [-0.39, 0.29) is 12.5 Å². The van der Waals surface area contributed by atoms with Gasteiger partial charge in [0, 0.05) is 5.56 Å². The molecule has 0 spiro atoms. The number of ketones is 1. The van der Waals surface area contributed by atoms with Gasteiger partial charge in [-0.3, -0.25) is 14.8 Å². The minimum Gasteiger partial charge on any atom is -0.471 e. The zero-order valence-electron chi connectivity index (χ0n) is 14.2. The van der Waals surface area contributed by atoms with Crippen molar-refractivity contribution in [2.24, 2.45) is 10.8 Å². The van der Waals surface area contributed by atoms with Crippen molar-refractivity contribution >= 4 is 23.9 Å². The summed E-state index contributed by atoms with van der Waals surface area (Å²) in [6.45, 7) is 3.61. The van der Waals surface area contributed by atoms with Crippen LogP contribution in [0.1, 0.15) is 15.9 Å². The van der Waals surface area contributed by atoms with Gasteiger partial charge in [-0.05, 0) is 31.0 Å². The third-order valence-corrected chi connectivity index (χ3v) is 3.89. The van der Waals surface area contributed by atoms with E-state index in [2.05, 4.69) is 11.7 Å². The first-order valence-electron chi connectivity index (χ1n) is 8.10. The van der Waals surface area contributed by atoms with Gasteiger partial charge in [-0.2, -0.15) is 0 Å². The Morgan fingerprint density at radius 1 is 0.962 bits per heavy atom. The van der Waals surface area contributed by atoms with Crippen molar-refractivity contribution in [2.45, 2.75) is 0 Å². The Morgan fingerprint density at radius 3 is 2.38 bits per heavy atom. The SMILES string of the molecule is C=Nc1ccccc1N(N)COc1ccccc1C(=O)c1ccccc1. The van der Waals surface area contributed by atoms with Crippen LogP contribution in [-0.4, -0.2) is 19.2 Å². The number of carbonyl (C=O) groups excluding carboxylic acids is 1. The minimum absolute atomic E-state index is 0.0611. The van der Waals surface area contributed by atoms with Crippen molar-refractivity contribution in [1.29, 1.82) is 0 Å². The molecule has 0 radical (unpaired) electrons. The summed E-state index contributed by atoms with van der Waals surface area (Å²) in [4.78, 5) is 16.7. The maximum absolute atomic E-state index is 12.7. The summed E-state index contributed by atoms with van der Waals surface area (Å²) in [5.74, 6) is 6.47. The van der Waals surface area contributed by atoms with E-state index in [9.17, 15) is 4.79 Å². The van der Waals surface area contributed by atoms with Crippen LogP contribution in [-0.2, 0) is 0 Å². The lowest BCUT2D eigenvalue weighted by Gasteiger charge is -2.21. The number of ether oxygens (including phenoxy) is 1. The Balaban J connectivity index is 1.79. The van der Waals surface area contributed by atoms with Crippen LogP contribution in [0, 0.1) is 0 Å². The number of anilines is 1. The maximum atomic E-state index is 12.7. The largest absolute Gasteiger partial charge is 0.471 e. The van der Waals surface area contributed by atoms with Gasteiger partial charge in [-0.25, -0.2) is 5.84 Å². The third kappa shape index (κ3) is 3.79. The second-order valence-corrected chi connectivity index (χ2v) is 5.58. The van der Waals surface area contributed by atoms with Gasteiger partial charge in [0.2, 0.25) is 0 Å². The highest BCUT2D eigenvalue weighted by Gasteiger charge is 2.15. The number of hydrogen-bond donors (Lipinski definition) is 1. The molecule has 0 amide bonds. The lowest BCUT2D eigenvalue weighted by molar-refractivity contribution is 0.103. The molecule has 3 rings (SSSR count). The topological polar surface area (TPSA) is 67.9 Å². The summed E-state index contributed by atoms with van der Waals surface area (Å²) >= 11 is 0. The van der Waals surface area contributed by atoms with E-state index >= 15 is 0 Å². The number of carbonyl (C=O) groups is 1. The smallest absolute Gasteiger partial charge is 0.196 e. The van der Waals surface area contributed by atoms with Crippen LogP contribution < -0.4 is 15.6 Å². The summed E-state index contributed by atoms with van der Waals surface area (Å²) in [6, 6.07) is 23.6. The summed E-state index contributed by atoms with van der Waals surface area (Å²) in [5, 5.41) is 1.42. The first-order valence-corrected chi connectivity index (χ1v) is 8.10. The Hall–Kier alpha value is -3.44. The molecular weight excluding hydrogens is 326 g/mol. The van der Waals surface area contributed by atoms with Crippen LogP contribution in [0.25, 0.3) is 0 Å². The van der Waals surface area contributed by atoms with Gasteiger partial charge in [0.15, 0.2) is 12.5 Å². The predicted octanol–water partition coefficient (Wildman–Crippen LogP) is 3.97. The molecule has 0 saturated carbocycles. The molecule has 5 nitrogen and oxygen atoms in total. The first-order chi connectivity index (χ1) is 12.7. The van der Waals surface area contributed by atoms with E-state index in [1.807, 2.05) is 48.5 Å². The fourth-order valence-corrected chi connectivity index (χ4v) is 2.57. The average Bonchev–Trinajstić information content (AvgIpc) is 2.72. The van der Waals surface area contributed by atoms with Gasteiger partial charge in [-0.15, -0.1) is 0 Å². The van der Waals surface area contributed by atoms with Crippen LogP contribution in [0.5, 0.6) is 5.75 Å². The fraction of sp³-hybridized carbons (Fsp3) is 0.0476.